The molecule has 0 aliphatic rings. The Bertz CT molecular complexity index is 778. The minimum atomic E-state index is -0.143. The monoisotopic (exact) mass is 613 g/mol. The number of anilines is 1. The first-order chi connectivity index (χ1) is 21.1. The standard InChI is InChI=1S/C32H55NO10/c1-3-4-5-6-7-8-9-10-32(35)43-28-26-41-24-22-39-20-18-37-16-15-36-17-19-38-21-23-40-25-27-42-31-13-11-30(12-14-31)33-29(2)34/h11-14H,3-10,15-28H2,1-2H3,(H,33,34). The van der Waals surface area contributed by atoms with E-state index in [9.17, 15) is 9.59 Å². The first-order valence-corrected chi connectivity index (χ1v) is 15.7. The highest BCUT2D eigenvalue weighted by Gasteiger charge is 2.03. The summed E-state index contributed by atoms with van der Waals surface area (Å²) in [4.78, 5) is 22.7. The van der Waals surface area contributed by atoms with Crippen LogP contribution in [0.4, 0.5) is 5.69 Å². The number of hydrogen-bond donors (Lipinski definition) is 1. The van der Waals surface area contributed by atoms with Gasteiger partial charge < -0.3 is 43.2 Å². The zero-order valence-corrected chi connectivity index (χ0v) is 26.4. The fourth-order valence-corrected chi connectivity index (χ4v) is 3.77. The Morgan fingerprint density at radius 1 is 0.558 bits per heavy atom. The second-order valence-corrected chi connectivity index (χ2v) is 9.82. The molecule has 0 fully saturated rings. The maximum atomic E-state index is 11.7. The van der Waals surface area contributed by atoms with Gasteiger partial charge in [-0.1, -0.05) is 45.4 Å². The lowest BCUT2D eigenvalue weighted by Crippen LogP contribution is -2.15. The lowest BCUT2D eigenvalue weighted by Gasteiger charge is -2.09. The Balaban J connectivity index is 1.71. The molecule has 0 saturated carbocycles. The minimum Gasteiger partial charge on any atom is -0.491 e. The summed E-state index contributed by atoms with van der Waals surface area (Å²) >= 11 is 0. The van der Waals surface area contributed by atoms with Gasteiger partial charge in [0.25, 0.3) is 0 Å². The molecule has 0 aromatic heterocycles. The number of nitrogens with one attached hydrogen (secondary N) is 1. The zero-order chi connectivity index (χ0) is 31.1. The number of benzene rings is 1. The van der Waals surface area contributed by atoms with Crippen molar-refractivity contribution in [2.24, 2.45) is 0 Å². The molecule has 248 valence electrons. The molecule has 0 bridgehead atoms. The summed E-state index contributed by atoms with van der Waals surface area (Å²) < 4.78 is 43.6. The van der Waals surface area contributed by atoms with E-state index < -0.39 is 0 Å². The fourth-order valence-electron chi connectivity index (χ4n) is 3.77. The van der Waals surface area contributed by atoms with E-state index in [4.69, 9.17) is 37.9 Å². The van der Waals surface area contributed by atoms with Gasteiger partial charge in [-0.3, -0.25) is 9.59 Å². The summed E-state index contributed by atoms with van der Waals surface area (Å²) in [5, 5.41) is 2.71. The van der Waals surface area contributed by atoms with Crippen LogP contribution in [0.5, 0.6) is 5.75 Å². The predicted molar refractivity (Wildman–Crippen MR) is 165 cm³/mol. The molecule has 0 spiro atoms. The molecule has 1 aromatic rings. The van der Waals surface area contributed by atoms with Crippen molar-refractivity contribution < 1.29 is 47.5 Å². The fraction of sp³-hybridized carbons (Fsp3) is 0.750. The van der Waals surface area contributed by atoms with Gasteiger partial charge in [-0.25, -0.2) is 0 Å². The van der Waals surface area contributed by atoms with Crippen molar-refractivity contribution in [3.63, 3.8) is 0 Å². The molecule has 1 N–H and O–H groups in total. The molecule has 1 rings (SSSR count). The van der Waals surface area contributed by atoms with Crippen LogP contribution in [-0.4, -0.2) is 104 Å². The summed E-state index contributed by atoms with van der Waals surface area (Å²) in [5.74, 6) is 0.466. The molecule has 0 heterocycles. The number of amides is 1. The van der Waals surface area contributed by atoms with Crippen LogP contribution < -0.4 is 10.1 Å². The van der Waals surface area contributed by atoms with Crippen LogP contribution in [0.1, 0.15) is 65.2 Å². The number of rotatable bonds is 31. The highest BCUT2D eigenvalue weighted by atomic mass is 16.6. The number of carbonyl (C=O) groups excluding carboxylic acids is 2. The summed E-state index contributed by atoms with van der Waals surface area (Å²) in [6, 6.07) is 7.17. The van der Waals surface area contributed by atoms with E-state index in [1.165, 1.54) is 39.0 Å². The molecule has 1 amide bonds. The second-order valence-electron chi connectivity index (χ2n) is 9.82. The van der Waals surface area contributed by atoms with Gasteiger partial charge in [0.2, 0.25) is 5.91 Å². The second kappa shape index (κ2) is 29.8. The normalized spacial score (nSPS) is 11.0. The summed E-state index contributed by atoms with van der Waals surface area (Å²) in [5.41, 5.74) is 0.732. The van der Waals surface area contributed by atoms with Crippen LogP contribution in [0.2, 0.25) is 0 Å². The number of carbonyl (C=O) groups is 2. The van der Waals surface area contributed by atoms with Crippen LogP contribution >= 0.6 is 0 Å². The Hall–Kier alpha value is -2.28. The molecule has 1 aromatic carbocycles. The molecule has 0 aliphatic heterocycles. The largest absolute Gasteiger partial charge is 0.491 e. The zero-order valence-electron chi connectivity index (χ0n) is 26.4. The Morgan fingerprint density at radius 3 is 1.44 bits per heavy atom. The molecule has 0 unspecified atom stereocenters. The quantitative estimate of drug-likeness (QED) is 0.0923. The summed E-state index contributed by atoms with van der Waals surface area (Å²) in [6.07, 6.45) is 8.79. The molecule has 11 heteroatoms. The van der Waals surface area contributed by atoms with Gasteiger partial charge in [0.15, 0.2) is 0 Å². The summed E-state index contributed by atoms with van der Waals surface area (Å²) in [6.45, 7) is 10.0. The molecule has 0 saturated heterocycles. The molecular formula is C32H55NO10. The third-order valence-corrected chi connectivity index (χ3v) is 6.01. The van der Waals surface area contributed by atoms with E-state index in [-0.39, 0.29) is 18.5 Å². The van der Waals surface area contributed by atoms with Gasteiger partial charge in [-0.15, -0.1) is 0 Å². The lowest BCUT2D eigenvalue weighted by atomic mass is 10.1. The van der Waals surface area contributed by atoms with Crippen LogP contribution in [-0.2, 0) is 42.7 Å². The van der Waals surface area contributed by atoms with Crippen LogP contribution in [0.15, 0.2) is 24.3 Å². The van der Waals surface area contributed by atoms with Crippen LogP contribution in [0.25, 0.3) is 0 Å². The average molecular weight is 614 g/mol. The molecule has 43 heavy (non-hydrogen) atoms. The van der Waals surface area contributed by atoms with Crippen molar-refractivity contribution in [1.82, 2.24) is 0 Å². The van der Waals surface area contributed by atoms with Crippen molar-refractivity contribution in [2.75, 3.05) is 97.8 Å². The number of hydrogen-bond acceptors (Lipinski definition) is 10. The molecular weight excluding hydrogens is 558 g/mol. The predicted octanol–water partition coefficient (Wildman–Crippen LogP) is 4.81. The third kappa shape index (κ3) is 27.0. The topological polar surface area (TPSA) is 120 Å². The highest BCUT2D eigenvalue weighted by Crippen LogP contribution is 2.15. The maximum Gasteiger partial charge on any atom is 0.305 e. The lowest BCUT2D eigenvalue weighted by molar-refractivity contribution is -0.145. The van der Waals surface area contributed by atoms with E-state index in [0.29, 0.717) is 98.1 Å². The third-order valence-electron chi connectivity index (χ3n) is 6.01. The first-order valence-electron chi connectivity index (χ1n) is 15.7. The molecule has 0 radical (unpaired) electrons. The number of esters is 1. The van der Waals surface area contributed by atoms with Gasteiger partial charge in [-0.05, 0) is 30.7 Å². The van der Waals surface area contributed by atoms with Gasteiger partial charge in [0.1, 0.15) is 19.0 Å². The summed E-state index contributed by atoms with van der Waals surface area (Å²) in [7, 11) is 0. The molecule has 11 nitrogen and oxygen atoms in total. The SMILES string of the molecule is CCCCCCCCCC(=O)OCCOCCOCCOCCOCCOCCOCCOc1ccc(NC(C)=O)cc1. The van der Waals surface area contributed by atoms with E-state index >= 15 is 0 Å². The van der Waals surface area contributed by atoms with Gasteiger partial charge in [0, 0.05) is 19.0 Å². The van der Waals surface area contributed by atoms with E-state index in [2.05, 4.69) is 12.2 Å². The highest BCUT2D eigenvalue weighted by molar-refractivity contribution is 5.88. The van der Waals surface area contributed by atoms with E-state index in [1.807, 2.05) is 0 Å². The Kier molecular flexibility index (Phi) is 26.8. The van der Waals surface area contributed by atoms with Gasteiger partial charge in [-0.2, -0.15) is 0 Å². The first kappa shape index (κ1) is 38.7. The van der Waals surface area contributed by atoms with E-state index in [1.54, 1.807) is 24.3 Å². The average Bonchev–Trinajstić information content (AvgIpc) is 2.99. The van der Waals surface area contributed by atoms with E-state index in [0.717, 1.165) is 18.5 Å². The van der Waals surface area contributed by atoms with Gasteiger partial charge in [0.05, 0.1) is 79.3 Å². The van der Waals surface area contributed by atoms with Crippen LogP contribution in [0.3, 0.4) is 0 Å². The number of ether oxygens (including phenoxy) is 8. The van der Waals surface area contributed by atoms with Crippen molar-refractivity contribution in [1.29, 1.82) is 0 Å². The van der Waals surface area contributed by atoms with Crippen molar-refractivity contribution in [2.45, 2.75) is 65.2 Å². The molecule has 0 aliphatic carbocycles. The van der Waals surface area contributed by atoms with Crippen LogP contribution in [0, 0.1) is 0 Å². The smallest absolute Gasteiger partial charge is 0.305 e. The minimum absolute atomic E-state index is 0.108. The van der Waals surface area contributed by atoms with Crippen molar-refractivity contribution in [3.05, 3.63) is 24.3 Å². The number of unbranched alkanes of at least 4 members (excludes halogenated alkanes) is 6. The maximum absolute atomic E-state index is 11.7. The Morgan fingerprint density at radius 2 is 0.977 bits per heavy atom. The Labute approximate surface area is 258 Å². The molecule has 0 atom stereocenters. The van der Waals surface area contributed by atoms with Gasteiger partial charge >= 0.3 is 5.97 Å². The van der Waals surface area contributed by atoms with Crippen molar-refractivity contribution in [3.8, 4) is 5.75 Å². The van der Waals surface area contributed by atoms with Crippen molar-refractivity contribution >= 4 is 17.6 Å².